The number of piperidine rings is 1. The zero-order chi connectivity index (χ0) is 20.6. The van der Waals surface area contributed by atoms with E-state index in [1.165, 1.54) is 30.4 Å². The van der Waals surface area contributed by atoms with Crippen LogP contribution in [0, 0.1) is 0 Å². The molecule has 1 amide bonds. The fraction of sp³-hybridized carbons (Fsp3) is 0.480. The van der Waals surface area contributed by atoms with Gasteiger partial charge in [0.2, 0.25) is 0 Å². The van der Waals surface area contributed by atoms with Crippen LogP contribution in [0.2, 0.25) is 0 Å². The number of ether oxygens (including phenoxy) is 1. The normalized spacial score (nSPS) is 15.9. The molecule has 1 aliphatic rings. The van der Waals surface area contributed by atoms with Gasteiger partial charge in [-0.1, -0.05) is 56.7 Å². The van der Waals surface area contributed by atoms with Crippen LogP contribution in [0.3, 0.4) is 0 Å². The zero-order valence-electron chi connectivity index (χ0n) is 18.0. The maximum absolute atomic E-state index is 12.9. The largest absolute Gasteiger partial charge is 0.493 e. The van der Waals surface area contributed by atoms with Crippen molar-refractivity contribution < 1.29 is 9.53 Å². The molecule has 1 saturated heterocycles. The minimum atomic E-state index is -0.0742. The first kappa shape index (κ1) is 21.4. The molecule has 0 aromatic heterocycles. The van der Waals surface area contributed by atoms with Crippen LogP contribution >= 0.6 is 0 Å². The first-order valence-corrected chi connectivity index (χ1v) is 10.9. The third-order valence-corrected chi connectivity index (χ3v) is 5.71. The molecule has 0 bridgehead atoms. The molecule has 0 aliphatic carbocycles. The van der Waals surface area contributed by atoms with Crippen LogP contribution in [0.5, 0.6) is 5.75 Å². The minimum Gasteiger partial charge on any atom is -0.493 e. The zero-order valence-corrected chi connectivity index (χ0v) is 18.0. The van der Waals surface area contributed by atoms with E-state index in [9.17, 15) is 4.79 Å². The Kier molecular flexibility index (Phi) is 7.70. The number of benzene rings is 2. The van der Waals surface area contributed by atoms with Crippen molar-refractivity contribution in [2.24, 2.45) is 0 Å². The Morgan fingerprint density at radius 2 is 1.66 bits per heavy atom. The number of para-hydroxylation sites is 1. The van der Waals surface area contributed by atoms with Crippen molar-refractivity contribution in [1.29, 1.82) is 0 Å². The SMILES string of the molecule is CCOc1ccccc1C(=O)NCC(c1ccc(C(C)C)cc1)N1CCCCC1. The third kappa shape index (κ3) is 5.60. The van der Waals surface area contributed by atoms with Crippen LogP contribution in [0.4, 0.5) is 0 Å². The van der Waals surface area contributed by atoms with E-state index in [-0.39, 0.29) is 11.9 Å². The van der Waals surface area contributed by atoms with Crippen LogP contribution < -0.4 is 10.1 Å². The average Bonchev–Trinajstić information content (AvgIpc) is 2.75. The van der Waals surface area contributed by atoms with E-state index in [2.05, 4.69) is 48.3 Å². The van der Waals surface area contributed by atoms with Crippen molar-refractivity contribution >= 4 is 5.91 Å². The Hall–Kier alpha value is -2.33. The van der Waals surface area contributed by atoms with Crippen LogP contribution in [-0.2, 0) is 0 Å². The summed E-state index contributed by atoms with van der Waals surface area (Å²) >= 11 is 0. The highest BCUT2D eigenvalue weighted by molar-refractivity contribution is 5.96. The first-order chi connectivity index (χ1) is 14.1. The van der Waals surface area contributed by atoms with Gasteiger partial charge in [-0.05, 0) is 62.0 Å². The molecule has 156 valence electrons. The molecule has 0 spiro atoms. The van der Waals surface area contributed by atoms with E-state index in [0.717, 1.165) is 13.1 Å². The lowest BCUT2D eigenvalue weighted by molar-refractivity contribution is 0.0920. The van der Waals surface area contributed by atoms with Gasteiger partial charge >= 0.3 is 0 Å². The number of likely N-dealkylation sites (tertiary alicyclic amines) is 1. The lowest BCUT2D eigenvalue weighted by Gasteiger charge is -2.35. The molecule has 1 N–H and O–H groups in total. The van der Waals surface area contributed by atoms with Gasteiger partial charge < -0.3 is 10.1 Å². The summed E-state index contributed by atoms with van der Waals surface area (Å²) in [6.07, 6.45) is 3.74. The molecule has 0 saturated carbocycles. The molecule has 29 heavy (non-hydrogen) atoms. The standard InChI is InChI=1S/C25H34N2O2/c1-4-29-24-11-7-6-10-22(24)25(28)26-18-23(27-16-8-5-9-17-27)21-14-12-20(13-15-21)19(2)3/h6-7,10-15,19,23H,4-5,8-9,16-18H2,1-3H3,(H,26,28). The second-order valence-electron chi connectivity index (χ2n) is 8.07. The van der Waals surface area contributed by atoms with E-state index in [4.69, 9.17) is 4.74 Å². The number of hydrogen-bond acceptors (Lipinski definition) is 3. The van der Waals surface area contributed by atoms with Gasteiger partial charge in [-0.15, -0.1) is 0 Å². The number of amides is 1. The van der Waals surface area contributed by atoms with E-state index >= 15 is 0 Å². The van der Waals surface area contributed by atoms with Crippen molar-refractivity contribution in [2.75, 3.05) is 26.2 Å². The number of carbonyl (C=O) groups is 1. The van der Waals surface area contributed by atoms with Crippen molar-refractivity contribution in [1.82, 2.24) is 10.2 Å². The van der Waals surface area contributed by atoms with Crippen LogP contribution in [0.1, 0.15) is 73.5 Å². The summed E-state index contributed by atoms with van der Waals surface area (Å²) in [4.78, 5) is 15.4. The molecule has 1 heterocycles. The summed E-state index contributed by atoms with van der Waals surface area (Å²) in [5.74, 6) is 1.09. The van der Waals surface area contributed by atoms with Gasteiger partial charge in [0.05, 0.1) is 18.2 Å². The van der Waals surface area contributed by atoms with Gasteiger partial charge in [0.25, 0.3) is 5.91 Å². The Morgan fingerprint density at radius 3 is 2.31 bits per heavy atom. The van der Waals surface area contributed by atoms with Crippen LogP contribution in [0.15, 0.2) is 48.5 Å². The molecule has 1 fully saturated rings. The van der Waals surface area contributed by atoms with Gasteiger partial charge in [0, 0.05) is 6.54 Å². The highest BCUT2D eigenvalue weighted by Crippen LogP contribution is 2.26. The van der Waals surface area contributed by atoms with Gasteiger partial charge in [-0.3, -0.25) is 9.69 Å². The van der Waals surface area contributed by atoms with E-state index < -0.39 is 0 Å². The Balaban J connectivity index is 1.75. The maximum atomic E-state index is 12.9. The summed E-state index contributed by atoms with van der Waals surface area (Å²) in [5, 5.41) is 3.17. The molecule has 4 heteroatoms. The third-order valence-electron chi connectivity index (χ3n) is 5.71. The van der Waals surface area contributed by atoms with Gasteiger partial charge in [0.1, 0.15) is 5.75 Å². The predicted molar refractivity (Wildman–Crippen MR) is 119 cm³/mol. The molecule has 1 aliphatic heterocycles. The highest BCUT2D eigenvalue weighted by atomic mass is 16.5. The summed E-state index contributed by atoms with van der Waals surface area (Å²) in [7, 11) is 0. The molecule has 1 unspecified atom stereocenters. The van der Waals surface area contributed by atoms with Gasteiger partial charge in [-0.2, -0.15) is 0 Å². The lowest BCUT2D eigenvalue weighted by atomic mass is 9.97. The Bertz CT molecular complexity index is 780. The van der Waals surface area contributed by atoms with E-state index in [1.807, 2.05) is 31.2 Å². The van der Waals surface area contributed by atoms with Gasteiger partial charge in [0.15, 0.2) is 0 Å². The fourth-order valence-corrected chi connectivity index (χ4v) is 4.01. The average molecular weight is 395 g/mol. The molecule has 2 aromatic rings. The van der Waals surface area contributed by atoms with Crippen molar-refractivity contribution in [3.63, 3.8) is 0 Å². The molecule has 2 aromatic carbocycles. The topological polar surface area (TPSA) is 41.6 Å². The molecule has 0 radical (unpaired) electrons. The van der Waals surface area contributed by atoms with Crippen molar-refractivity contribution in [3.05, 3.63) is 65.2 Å². The second-order valence-corrected chi connectivity index (χ2v) is 8.07. The second kappa shape index (κ2) is 10.4. The fourth-order valence-electron chi connectivity index (χ4n) is 4.01. The van der Waals surface area contributed by atoms with Crippen LogP contribution in [0.25, 0.3) is 0 Å². The Labute approximate surface area is 175 Å². The number of carbonyl (C=O) groups excluding carboxylic acids is 1. The molecule has 4 nitrogen and oxygen atoms in total. The number of nitrogens with one attached hydrogen (secondary N) is 1. The number of rotatable bonds is 8. The number of nitrogens with zero attached hydrogens (tertiary/aromatic N) is 1. The number of hydrogen-bond donors (Lipinski definition) is 1. The molecule has 1 atom stereocenters. The summed E-state index contributed by atoms with van der Waals surface area (Å²) < 4.78 is 5.63. The predicted octanol–water partition coefficient (Wildman–Crippen LogP) is 5.17. The minimum absolute atomic E-state index is 0.0742. The summed E-state index contributed by atoms with van der Waals surface area (Å²) in [5.41, 5.74) is 3.22. The molecular formula is C25H34N2O2. The summed E-state index contributed by atoms with van der Waals surface area (Å²) in [6.45, 7) is 9.68. The Morgan fingerprint density at radius 1 is 1.00 bits per heavy atom. The van der Waals surface area contributed by atoms with Crippen molar-refractivity contribution in [3.8, 4) is 5.75 Å². The quantitative estimate of drug-likeness (QED) is 0.672. The van der Waals surface area contributed by atoms with Crippen molar-refractivity contribution in [2.45, 2.75) is 52.0 Å². The lowest BCUT2D eigenvalue weighted by Crippen LogP contribution is -2.40. The summed E-state index contributed by atoms with van der Waals surface area (Å²) in [6, 6.07) is 16.6. The van der Waals surface area contributed by atoms with Gasteiger partial charge in [-0.25, -0.2) is 0 Å². The monoisotopic (exact) mass is 394 g/mol. The molecular weight excluding hydrogens is 360 g/mol. The first-order valence-electron chi connectivity index (χ1n) is 10.9. The smallest absolute Gasteiger partial charge is 0.255 e. The van der Waals surface area contributed by atoms with Crippen LogP contribution in [-0.4, -0.2) is 37.0 Å². The van der Waals surface area contributed by atoms with E-state index in [1.54, 1.807) is 0 Å². The maximum Gasteiger partial charge on any atom is 0.255 e. The highest BCUT2D eigenvalue weighted by Gasteiger charge is 2.23. The van der Waals surface area contributed by atoms with E-state index in [0.29, 0.717) is 30.4 Å². The molecule has 3 rings (SSSR count).